The Kier molecular flexibility index (Phi) is 6.71. The molecule has 1 aliphatic heterocycles. The van der Waals surface area contributed by atoms with E-state index in [-0.39, 0.29) is 11.9 Å². The first-order valence-electron chi connectivity index (χ1n) is 8.62. The number of ether oxygens (including phenoxy) is 2. The summed E-state index contributed by atoms with van der Waals surface area (Å²) in [6, 6.07) is 5.76. The van der Waals surface area contributed by atoms with Gasteiger partial charge in [-0.3, -0.25) is 4.79 Å². The Hall–Kier alpha value is -1.75. The molecular weight excluding hydrogens is 292 g/mol. The topological polar surface area (TPSA) is 50.8 Å². The van der Waals surface area contributed by atoms with E-state index in [2.05, 4.69) is 12.2 Å². The lowest BCUT2D eigenvalue weighted by atomic mass is 10.1. The summed E-state index contributed by atoms with van der Waals surface area (Å²) in [6.45, 7) is 9.72. The molecule has 0 radical (unpaired) electrons. The largest absolute Gasteiger partial charge is 0.490 e. The molecule has 2 rings (SSSR count). The maximum atomic E-state index is 12.9. The third-order valence-corrected chi connectivity index (χ3v) is 3.99. The number of benzene rings is 1. The van der Waals surface area contributed by atoms with E-state index < -0.39 is 0 Å². The quantitative estimate of drug-likeness (QED) is 0.800. The predicted octanol–water partition coefficient (Wildman–Crippen LogP) is 2.70. The predicted molar refractivity (Wildman–Crippen MR) is 91.4 cm³/mol. The van der Waals surface area contributed by atoms with Gasteiger partial charge in [0.25, 0.3) is 5.91 Å². The molecule has 0 aliphatic carbocycles. The van der Waals surface area contributed by atoms with Crippen LogP contribution in [0.15, 0.2) is 18.2 Å². The second-order valence-electron chi connectivity index (χ2n) is 5.67. The van der Waals surface area contributed by atoms with Crippen molar-refractivity contribution >= 4 is 5.91 Å². The van der Waals surface area contributed by atoms with Crippen molar-refractivity contribution in [3.05, 3.63) is 23.8 Å². The van der Waals surface area contributed by atoms with Crippen molar-refractivity contribution in [2.45, 2.75) is 39.7 Å². The third-order valence-electron chi connectivity index (χ3n) is 3.99. The van der Waals surface area contributed by atoms with Gasteiger partial charge in [-0.2, -0.15) is 0 Å². The van der Waals surface area contributed by atoms with Crippen molar-refractivity contribution in [2.24, 2.45) is 0 Å². The van der Waals surface area contributed by atoms with Gasteiger partial charge in [0, 0.05) is 24.7 Å². The zero-order valence-corrected chi connectivity index (χ0v) is 14.4. The molecule has 1 aromatic carbocycles. The fourth-order valence-electron chi connectivity index (χ4n) is 2.95. The number of nitrogens with zero attached hydrogens (tertiary/aromatic N) is 1. The van der Waals surface area contributed by atoms with E-state index in [1.54, 1.807) is 0 Å². The van der Waals surface area contributed by atoms with Crippen LogP contribution in [0.3, 0.4) is 0 Å². The van der Waals surface area contributed by atoms with Crippen LogP contribution in [-0.4, -0.2) is 49.7 Å². The highest BCUT2D eigenvalue weighted by Crippen LogP contribution is 2.29. The molecule has 128 valence electrons. The van der Waals surface area contributed by atoms with Gasteiger partial charge in [-0.1, -0.05) is 6.92 Å². The summed E-state index contributed by atoms with van der Waals surface area (Å²) in [6.07, 6.45) is 1.97. The average molecular weight is 320 g/mol. The van der Waals surface area contributed by atoms with Crippen molar-refractivity contribution in [1.29, 1.82) is 0 Å². The molecule has 0 bridgehead atoms. The minimum absolute atomic E-state index is 0.0737. The van der Waals surface area contributed by atoms with Crippen LogP contribution in [0.25, 0.3) is 0 Å². The zero-order chi connectivity index (χ0) is 16.7. The molecule has 1 aromatic rings. The molecule has 1 N–H and O–H groups in total. The molecule has 1 amide bonds. The summed E-state index contributed by atoms with van der Waals surface area (Å²) in [4.78, 5) is 14.9. The Labute approximate surface area is 139 Å². The molecule has 1 fully saturated rings. The maximum Gasteiger partial charge on any atom is 0.254 e. The van der Waals surface area contributed by atoms with Crippen LogP contribution in [0, 0.1) is 0 Å². The molecule has 0 saturated carbocycles. The Bertz CT molecular complexity index is 513. The molecule has 5 heteroatoms. The monoisotopic (exact) mass is 320 g/mol. The van der Waals surface area contributed by atoms with Gasteiger partial charge in [0.1, 0.15) is 0 Å². The first-order chi connectivity index (χ1) is 11.2. The van der Waals surface area contributed by atoms with Crippen molar-refractivity contribution < 1.29 is 14.3 Å². The molecule has 1 saturated heterocycles. The Morgan fingerprint density at radius 2 is 1.96 bits per heavy atom. The standard InChI is InChI=1S/C18H28N2O3/c1-4-11-20(15-9-10-19-13-15)18(21)14-7-8-16(22-5-2)17(12-14)23-6-3/h7-8,12,15,19H,4-6,9-11,13H2,1-3H3. The van der Waals surface area contributed by atoms with E-state index in [0.29, 0.717) is 30.3 Å². The molecule has 1 aliphatic rings. The number of carbonyl (C=O) groups is 1. The van der Waals surface area contributed by atoms with E-state index >= 15 is 0 Å². The number of rotatable bonds is 8. The lowest BCUT2D eigenvalue weighted by Crippen LogP contribution is -2.42. The molecule has 1 atom stereocenters. The highest BCUT2D eigenvalue weighted by molar-refractivity contribution is 5.95. The van der Waals surface area contributed by atoms with Crippen LogP contribution in [0.5, 0.6) is 11.5 Å². The normalized spacial score (nSPS) is 17.1. The fraction of sp³-hybridized carbons (Fsp3) is 0.611. The molecule has 23 heavy (non-hydrogen) atoms. The zero-order valence-electron chi connectivity index (χ0n) is 14.4. The van der Waals surface area contributed by atoms with E-state index in [1.165, 1.54) is 0 Å². The fourth-order valence-corrected chi connectivity index (χ4v) is 2.95. The summed E-state index contributed by atoms with van der Waals surface area (Å²) in [5.41, 5.74) is 0.664. The Morgan fingerprint density at radius 1 is 1.22 bits per heavy atom. The third kappa shape index (κ3) is 4.38. The molecular formula is C18H28N2O3. The lowest BCUT2D eigenvalue weighted by Gasteiger charge is -2.28. The van der Waals surface area contributed by atoms with E-state index in [1.807, 2.05) is 36.9 Å². The first kappa shape index (κ1) is 17.6. The van der Waals surface area contributed by atoms with Gasteiger partial charge >= 0.3 is 0 Å². The highest BCUT2D eigenvalue weighted by atomic mass is 16.5. The molecule has 0 spiro atoms. The second kappa shape index (κ2) is 8.77. The second-order valence-corrected chi connectivity index (χ2v) is 5.67. The summed E-state index contributed by atoms with van der Waals surface area (Å²) < 4.78 is 11.2. The smallest absolute Gasteiger partial charge is 0.254 e. The van der Waals surface area contributed by atoms with Crippen LogP contribution >= 0.6 is 0 Å². The van der Waals surface area contributed by atoms with E-state index in [9.17, 15) is 4.79 Å². The SMILES string of the molecule is CCCN(C(=O)c1ccc(OCC)c(OCC)c1)C1CCNC1. The summed E-state index contributed by atoms with van der Waals surface area (Å²) in [5.74, 6) is 1.40. The van der Waals surface area contributed by atoms with Crippen LogP contribution in [0.4, 0.5) is 0 Å². The van der Waals surface area contributed by atoms with Crippen LogP contribution in [0.1, 0.15) is 44.0 Å². The van der Waals surface area contributed by atoms with Crippen molar-refractivity contribution in [3.63, 3.8) is 0 Å². The van der Waals surface area contributed by atoms with Gasteiger partial charge in [-0.05, 0) is 51.4 Å². The van der Waals surface area contributed by atoms with E-state index in [0.717, 1.165) is 32.5 Å². The molecule has 5 nitrogen and oxygen atoms in total. The average Bonchev–Trinajstić information content (AvgIpc) is 3.08. The van der Waals surface area contributed by atoms with Crippen molar-refractivity contribution in [3.8, 4) is 11.5 Å². The molecule has 1 unspecified atom stereocenters. The summed E-state index contributed by atoms with van der Waals surface area (Å²) >= 11 is 0. The Balaban J connectivity index is 2.23. The van der Waals surface area contributed by atoms with Gasteiger partial charge in [0.05, 0.1) is 13.2 Å². The highest BCUT2D eigenvalue weighted by Gasteiger charge is 2.27. The van der Waals surface area contributed by atoms with Gasteiger partial charge in [0.15, 0.2) is 11.5 Å². The minimum atomic E-state index is 0.0737. The molecule has 1 heterocycles. The van der Waals surface area contributed by atoms with Gasteiger partial charge in [-0.25, -0.2) is 0 Å². The van der Waals surface area contributed by atoms with Gasteiger partial charge < -0.3 is 19.7 Å². The van der Waals surface area contributed by atoms with Crippen molar-refractivity contribution in [2.75, 3.05) is 32.8 Å². The number of nitrogens with one attached hydrogen (secondary N) is 1. The number of amides is 1. The van der Waals surface area contributed by atoms with Crippen LogP contribution in [-0.2, 0) is 0 Å². The van der Waals surface area contributed by atoms with Gasteiger partial charge in [0.2, 0.25) is 0 Å². The Morgan fingerprint density at radius 3 is 2.57 bits per heavy atom. The number of hydrogen-bond acceptors (Lipinski definition) is 4. The van der Waals surface area contributed by atoms with Crippen LogP contribution < -0.4 is 14.8 Å². The summed E-state index contributed by atoms with van der Waals surface area (Å²) in [7, 11) is 0. The van der Waals surface area contributed by atoms with Crippen LogP contribution in [0.2, 0.25) is 0 Å². The van der Waals surface area contributed by atoms with Crippen molar-refractivity contribution in [1.82, 2.24) is 10.2 Å². The maximum absolute atomic E-state index is 12.9. The minimum Gasteiger partial charge on any atom is -0.490 e. The summed E-state index contributed by atoms with van der Waals surface area (Å²) in [5, 5.41) is 3.34. The first-order valence-corrected chi connectivity index (χ1v) is 8.62. The number of carbonyl (C=O) groups excluding carboxylic acids is 1. The molecule has 0 aromatic heterocycles. The van der Waals surface area contributed by atoms with Gasteiger partial charge in [-0.15, -0.1) is 0 Å². The lowest BCUT2D eigenvalue weighted by molar-refractivity contribution is 0.0691. The number of hydrogen-bond donors (Lipinski definition) is 1. The van der Waals surface area contributed by atoms with E-state index in [4.69, 9.17) is 9.47 Å².